The summed E-state index contributed by atoms with van der Waals surface area (Å²) in [6.45, 7) is -0.706. The van der Waals surface area contributed by atoms with Crippen LogP contribution in [-0.4, -0.2) is 30.8 Å². The molecule has 0 radical (unpaired) electrons. The van der Waals surface area contributed by atoms with Crippen LogP contribution in [0.3, 0.4) is 0 Å². The number of carboxylic acid groups (broad SMARTS) is 1. The number of ether oxygens (including phenoxy) is 2. The quantitative estimate of drug-likeness (QED) is 0.630. The molecular formula is C15H20BrF2NO4. The van der Waals surface area contributed by atoms with Gasteiger partial charge in [-0.25, -0.2) is 0 Å². The molecule has 0 aliphatic rings. The van der Waals surface area contributed by atoms with Crippen LogP contribution in [0.5, 0.6) is 11.5 Å². The van der Waals surface area contributed by atoms with E-state index in [0.29, 0.717) is 16.5 Å². The highest BCUT2D eigenvalue weighted by Crippen LogP contribution is 2.37. The molecule has 23 heavy (non-hydrogen) atoms. The Morgan fingerprint density at radius 1 is 1.43 bits per heavy atom. The van der Waals surface area contributed by atoms with Crippen LogP contribution >= 0.6 is 15.9 Å². The number of benzene rings is 1. The summed E-state index contributed by atoms with van der Waals surface area (Å²) in [6, 6.07) is 2.47. The van der Waals surface area contributed by atoms with Gasteiger partial charge in [0.05, 0.1) is 11.6 Å². The van der Waals surface area contributed by atoms with E-state index < -0.39 is 18.6 Å². The van der Waals surface area contributed by atoms with E-state index >= 15 is 0 Å². The van der Waals surface area contributed by atoms with Crippen molar-refractivity contribution in [1.29, 1.82) is 0 Å². The second-order valence-electron chi connectivity index (χ2n) is 4.90. The average Bonchev–Trinajstić information content (AvgIpc) is 2.48. The Morgan fingerprint density at radius 2 is 2.13 bits per heavy atom. The standard InChI is InChI=1S/C15H20BrF2NO4/c1-3-4-5-11(14(20)21)19-8-9-6-10(16)13(23-15(17)18)12(7-9)22-2/h6-7,11,15,19H,3-5,8H2,1-2H3,(H,20,21)/t11-/m0/s1. The number of hydrogen-bond acceptors (Lipinski definition) is 4. The van der Waals surface area contributed by atoms with Crippen molar-refractivity contribution in [2.24, 2.45) is 0 Å². The predicted molar refractivity (Wildman–Crippen MR) is 85.1 cm³/mol. The van der Waals surface area contributed by atoms with E-state index in [4.69, 9.17) is 4.74 Å². The van der Waals surface area contributed by atoms with E-state index in [1.165, 1.54) is 13.2 Å². The Kier molecular flexibility index (Phi) is 8.25. The van der Waals surface area contributed by atoms with Gasteiger partial charge in [0.1, 0.15) is 6.04 Å². The normalized spacial score (nSPS) is 12.3. The number of unbranched alkanes of at least 4 members (excludes halogenated alkanes) is 1. The second-order valence-corrected chi connectivity index (χ2v) is 5.76. The summed E-state index contributed by atoms with van der Waals surface area (Å²) in [5.41, 5.74) is 0.693. The summed E-state index contributed by atoms with van der Waals surface area (Å²) < 4.78 is 34.6. The van der Waals surface area contributed by atoms with Crippen LogP contribution in [0.1, 0.15) is 31.7 Å². The van der Waals surface area contributed by atoms with E-state index in [0.717, 1.165) is 12.8 Å². The lowest BCUT2D eigenvalue weighted by Gasteiger charge is -2.16. The zero-order chi connectivity index (χ0) is 17.4. The van der Waals surface area contributed by atoms with Crippen molar-refractivity contribution < 1.29 is 28.2 Å². The van der Waals surface area contributed by atoms with E-state index in [1.54, 1.807) is 6.07 Å². The van der Waals surface area contributed by atoms with Crippen LogP contribution in [0.25, 0.3) is 0 Å². The zero-order valence-corrected chi connectivity index (χ0v) is 14.5. The lowest BCUT2D eigenvalue weighted by atomic mass is 10.1. The zero-order valence-electron chi connectivity index (χ0n) is 12.9. The van der Waals surface area contributed by atoms with Crippen LogP contribution in [0.15, 0.2) is 16.6 Å². The van der Waals surface area contributed by atoms with E-state index in [9.17, 15) is 18.7 Å². The molecule has 0 bridgehead atoms. The maximum absolute atomic E-state index is 12.4. The monoisotopic (exact) mass is 395 g/mol. The molecule has 1 atom stereocenters. The molecular weight excluding hydrogens is 376 g/mol. The van der Waals surface area contributed by atoms with Crippen LogP contribution in [-0.2, 0) is 11.3 Å². The van der Waals surface area contributed by atoms with E-state index in [-0.39, 0.29) is 18.0 Å². The molecule has 0 amide bonds. The first kappa shape index (κ1) is 19.6. The van der Waals surface area contributed by atoms with Crippen molar-refractivity contribution in [3.8, 4) is 11.5 Å². The number of alkyl halides is 2. The maximum atomic E-state index is 12.4. The molecule has 1 aromatic rings. The van der Waals surface area contributed by atoms with Gasteiger partial charge in [-0.1, -0.05) is 19.8 Å². The Bertz CT molecular complexity index is 528. The summed E-state index contributed by atoms with van der Waals surface area (Å²) in [4.78, 5) is 11.2. The predicted octanol–water partition coefficient (Wildman–Crippen LogP) is 3.79. The molecule has 2 N–H and O–H groups in total. The van der Waals surface area contributed by atoms with Crippen molar-refractivity contribution >= 4 is 21.9 Å². The highest BCUT2D eigenvalue weighted by atomic mass is 79.9. The molecule has 130 valence electrons. The van der Waals surface area contributed by atoms with E-state index in [2.05, 4.69) is 26.0 Å². The van der Waals surface area contributed by atoms with Crippen molar-refractivity contribution in [3.63, 3.8) is 0 Å². The molecule has 0 spiro atoms. The van der Waals surface area contributed by atoms with Crippen LogP contribution in [0.4, 0.5) is 8.78 Å². The fourth-order valence-electron chi connectivity index (χ4n) is 2.04. The molecule has 0 aromatic heterocycles. The first-order chi connectivity index (χ1) is 10.9. The molecule has 0 saturated carbocycles. The summed E-state index contributed by atoms with van der Waals surface area (Å²) in [5, 5.41) is 12.1. The van der Waals surface area contributed by atoms with Gasteiger partial charge in [-0.15, -0.1) is 0 Å². The first-order valence-corrected chi connectivity index (χ1v) is 7.95. The van der Waals surface area contributed by atoms with Crippen molar-refractivity contribution in [3.05, 3.63) is 22.2 Å². The van der Waals surface area contributed by atoms with Gasteiger partial charge in [-0.3, -0.25) is 4.79 Å². The van der Waals surface area contributed by atoms with Crippen LogP contribution < -0.4 is 14.8 Å². The number of carbonyl (C=O) groups is 1. The van der Waals surface area contributed by atoms with Gasteiger partial charge in [0.25, 0.3) is 0 Å². The number of methoxy groups -OCH3 is 1. The summed E-state index contributed by atoms with van der Waals surface area (Å²) in [7, 11) is 1.35. The molecule has 0 aliphatic carbocycles. The van der Waals surface area contributed by atoms with E-state index in [1.807, 2.05) is 6.92 Å². The molecule has 5 nitrogen and oxygen atoms in total. The molecule has 0 saturated heterocycles. The first-order valence-electron chi connectivity index (χ1n) is 7.16. The third-order valence-electron chi connectivity index (χ3n) is 3.19. The lowest BCUT2D eigenvalue weighted by Crippen LogP contribution is -2.36. The third-order valence-corrected chi connectivity index (χ3v) is 3.78. The fourth-order valence-corrected chi connectivity index (χ4v) is 2.62. The minimum Gasteiger partial charge on any atom is -0.493 e. The largest absolute Gasteiger partial charge is 0.493 e. The Balaban J connectivity index is 2.84. The Labute approximate surface area is 142 Å². The number of halogens is 3. The van der Waals surface area contributed by atoms with Crippen LogP contribution in [0, 0.1) is 0 Å². The van der Waals surface area contributed by atoms with Gasteiger partial charge in [0.2, 0.25) is 0 Å². The van der Waals surface area contributed by atoms with Gasteiger partial charge in [-0.2, -0.15) is 8.78 Å². The maximum Gasteiger partial charge on any atom is 0.387 e. The van der Waals surface area contributed by atoms with Gasteiger partial charge in [-0.05, 0) is 40.0 Å². The molecule has 0 aliphatic heterocycles. The highest BCUT2D eigenvalue weighted by Gasteiger charge is 2.18. The average molecular weight is 396 g/mol. The number of carboxylic acids is 1. The van der Waals surface area contributed by atoms with Gasteiger partial charge < -0.3 is 19.9 Å². The Morgan fingerprint density at radius 3 is 2.65 bits per heavy atom. The molecule has 1 rings (SSSR count). The smallest absolute Gasteiger partial charge is 0.387 e. The van der Waals surface area contributed by atoms with Crippen molar-refractivity contribution in [2.45, 2.75) is 45.4 Å². The molecule has 8 heteroatoms. The third kappa shape index (κ3) is 6.31. The molecule has 0 unspecified atom stereocenters. The minimum atomic E-state index is -2.96. The van der Waals surface area contributed by atoms with Crippen molar-refractivity contribution in [2.75, 3.05) is 7.11 Å². The SMILES string of the molecule is CCCC[C@H](NCc1cc(Br)c(OC(F)F)c(OC)c1)C(=O)O. The summed E-state index contributed by atoms with van der Waals surface area (Å²) in [5.74, 6) is -0.855. The molecule has 0 heterocycles. The van der Waals surface area contributed by atoms with Gasteiger partial charge in [0.15, 0.2) is 11.5 Å². The summed E-state index contributed by atoms with van der Waals surface area (Å²) >= 11 is 3.16. The Hall–Kier alpha value is -1.41. The summed E-state index contributed by atoms with van der Waals surface area (Å²) in [6.07, 6.45) is 2.24. The molecule has 0 fully saturated rings. The fraction of sp³-hybridized carbons (Fsp3) is 0.533. The van der Waals surface area contributed by atoms with Gasteiger partial charge >= 0.3 is 12.6 Å². The second kappa shape index (κ2) is 9.67. The highest BCUT2D eigenvalue weighted by molar-refractivity contribution is 9.10. The lowest BCUT2D eigenvalue weighted by molar-refractivity contribution is -0.139. The number of nitrogens with one attached hydrogen (secondary N) is 1. The van der Waals surface area contributed by atoms with Gasteiger partial charge in [0, 0.05) is 6.54 Å². The minimum absolute atomic E-state index is 0.0907. The number of hydrogen-bond donors (Lipinski definition) is 2. The van der Waals surface area contributed by atoms with Crippen molar-refractivity contribution in [1.82, 2.24) is 5.32 Å². The number of rotatable bonds is 10. The van der Waals surface area contributed by atoms with Crippen LogP contribution in [0.2, 0.25) is 0 Å². The topological polar surface area (TPSA) is 67.8 Å². The number of aliphatic carboxylic acids is 1. The molecule has 1 aromatic carbocycles.